The Morgan fingerprint density at radius 2 is 2.07 bits per heavy atom. The number of rotatable bonds is 7. The molecule has 4 heterocycles. The van der Waals surface area contributed by atoms with Crippen LogP contribution < -0.4 is 0 Å². The summed E-state index contributed by atoms with van der Waals surface area (Å²) in [5.74, 6) is 0. The van der Waals surface area contributed by atoms with Crippen molar-refractivity contribution in [3.8, 4) is 11.1 Å². The maximum absolute atomic E-state index is 4.79. The van der Waals surface area contributed by atoms with Crippen molar-refractivity contribution in [2.45, 2.75) is 45.8 Å². The highest BCUT2D eigenvalue weighted by Crippen LogP contribution is 2.27. The van der Waals surface area contributed by atoms with Gasteiger partial charge in [0.1, 0.15) is 11.8 Å². The van der Waals surface area contributed by atoms with E-state index in [1.54, 1.807) is 0 Å². The molecule has 1 atom stereocenters. The minimum atomic E-state index is -0.0183. The average molecular weight is 392 g/mol. The molecule has 0 saturated carbocycles. The van der Waals surface area contributed by atoms with E-state index in [1.165, 1.54) is 5.71 Å². The summed E-state index contributed by atoms with van der Waals surface area (Å²) in [5.41, 5.74) is 6.48. The molecule has 152 valence electrons. The highest BCUT2D eigenvalue weighted by molar-refractivity contribution is 6.18. The first-order chi connectivity index (χ1) is 14.0. The van der Waals surface area contributed by atoms with Gasteiger partial charge in [0.25, 0.3) is 0 Å². The molecule has 4 rings (SSSR count). The first-order valence-corrected chi connectivity index (χ1v) is 10.3. The van der Waals surface area contributed by atoms with Crippen molar-refractivity contribution in [1.29, 1.82) is 0 Å². The summed E-state index contributed by atoms with van der Waals surface area (Å²) in [7, 11) is 4.19. The highest BCUT2D eigenvalue weighted by atomic mass is 15.3. The van der Waals surface area contributed by atoms with Gasteiger partial charge >= 0.3 is 0 Å². The lowest BCUT2D eigenvalue weighted by Crippen LogP contribution is -2.18. The zero-order valence-electron chi connectivity index (χ0n) is 17.7. The van der Waals surface area contributed by atoms with Gasteiger partial charge in [-0.1, -0.05) is 6.92 Å². The topological polar surface area (TPSA) is 74.5 Å². The molecule has 7 heteroatoms. The molecule has 7 nitrogen and oxygen atoms in total. The zero-order chi connectivity index (χ0) is 20.4. The van der Waals surface area contributed by atoms with Crippen LogP contribution in [0.1, 0.15) is 38.7 Å². The van der Waals surface area contributed by atoms with E-state index in [4.69, 9.17) is 4.99 Å². The number of aryl methyl sites for hydroxylation is 1. The van der Waals surface area contributed by atoms with E-state index in [2.05, 4.69) is 58.2 Å². The molecule has 29 heavy (non-hydrogen) atoms. The second kappa shape index (κ2) is 8.29. The summed E-state index contributed by atoms with van der Waals surface area (Å²) in [5, 5.41) is 5.63. The van der Waals surface area contributed by atoms with Crippen LogP contribution in [-0.2, 0) is 6.54 Å². The lowest BCUT2D eigenvalue weighted by atomic mass is 10.0. The van der Waals surface area contributed by atoms with Crippen LogP contribution in [0.4, 0.5) is 0 Å². The van der Waals surface area contributed by atoms with Gasteiger partial charge < -0.3 is 9.88 Å². The predicted molar refractivity (Wildman–Crippen MR) is 119 cm³/mol. The van der Waals surface area contributed by atoms with E-state index < -0.39 is 0 Å². The van der Waals surface area contributed by atoms with Gasteiger partial charge in [-0.15, -0.1) is 0 Å². The summed E-state index contributed by atoms with van der Waals surface area (Å²) < 4.78 is 2.01. The molecule has 1 aliphatic heterocycles. The van der Waals surface area contributed by atoms with Crippen molar-refractivity contribution in [3.05, 3.63) is 36.4 Å². The van der Waals surface area contributed by atoms with Crippen molar-refractivity contribution in [1.82, 2.24) is 24.6 Å². The molecule has 0 amide bonds. The van der Waals surface area contributed by atoms with E-state index >= 15 is 0 Å². The molecule has 0 fully saturated rings. The molecule has 0 radical (unpaired) electrons. The molecule has 1 unspecified atom stereocenters. The van der Waals surface area contributed by atoms with Crippen molar-refractivity contribution in [3.63, 3.8) is 0 Å². The lowest BCUT2D eigenvalue weighted by Gasteiger charge is -2.16. The molecular formula is C22H29N7. The van der Waals surface area contributed by atoms with Gasteiger partial charge in [0.2, 0.25) is 0 Å². The van der Waals surface area contributed by atoms with Gasteiger partial charge in [-0.05, 0) is 46.5 Å². The molecule has 0 bridgehead atoms. The average Bonchev–Trinajstić information content (AvgIpc) is 3.33. The third kappa shape index (κ3) is 4.29. The van der Waals surface area contributed by atoms with E-state index in [0.29, 0.717) is 0 Å². The van der Waals surface area contributed by atoms with Crippen molar-refractivity contribution < 1.29 is 0 Å². The molecule has 1 aliphatic rings. The standard InChI is InChI=1S/C22H29N7/c1-5-18-10-21(27-15(2)26-18)20-13-24-22-19(20)9-16(11-23-22)17-12-25-29(14-17)8-6-7-28(3)4/h9,11-15H,5-8,10H2,1-4H3,(H,23,24). The normalized spacial score (nSPS) is 17.1. The molecule has 0 saturated heterocycles. The van der Waals surface area contributed by atoms with Gasteiger partial charge in [0, 0.05) is 59.3 Å². The molecule has 0 aromatic carbocycles. The van der Waals surface area contributed by atoms with Gasteiger partial charge in [0.15, 0.2) is 0 Å². The Balaban J connectivity index is 1.60. The van der Waals surface area contributed by atoms with Crippen LogP contribution >= 0.6 is 0 Å². The van der Waals surface area contributed by atoms with Crippen LogP contribution in [-0.4, -0.2) is 62.9 Å². The number of hydrogen-bond donors (Lipinski definition) is 1. The van der Waals surface area contributed by atoms with Crippen LogP contribution in [0.3, 0.4) is 0 Å². The fourth-order valence-electron chi connectivity index (χ4n) is 3.77. The number of aromatic nitrogens is 4. The van der Waals surface area contributed by atoms with Crippen molar-refractivity contribution in [2.24, 2.45) is 9.98 Å². The number of fused-ring (bicyclic) bond motifs is 1. The maximum Gasteiger partial charge on any atom is 0.137 e. The molecule has 1 N–H and O–H groups in total. The Kier molecular flexibility index (Phi) is 5.58. The van der Waals surface area contributed by atoms with Gasteiger partial charge in [0.05, 0.1) is 11.9 Å². The summed E-state index contributed by atoms with van der Waals surface area (Å²) in [6, 6.07) is 2.19. The number of aliphatic imine (C=N–C) groups is 2. The Morgan fingerprint density at radius 3 is 2.86 bits per heavy atom. The van der Waals surface area contributed by atoms with Crippen LogP contribution in [0, 0.1) is 0 Å². The predicted octanol–water partition coefficient (Wildman–Crippen LogP) is 3.77. The fraction of sp³-hybridized carbons (Fsp3) is 0.455. The Bertz CT molecular complexity index is 1050. The third-order valence-corrected chi connectivity index (χ3v) is 5.29. The monoisotopic (exact) mass is 391 g/mol. The Morgan fingerprint density at radius 1 is 1.21 bits per heavy atom. The maximum atomic E-state index is 4.79. The third-order valence-electron chi connectivity index (χ3n) is 5.29. The minimum Gasteiger partial charge on any atom is -0.345 e. The SMILES string of the molecule is CCC1=NC(C)N=C(c2c[nH]c3ncc(-c4cnn(CCCN(C)C)c4)cc23)C1. The van der Waals surface area contributed by atoms with E-state index in [0.717, 1.165) is 65.8 Å². The summed E-state index contributed by atoms with van der Waals surface area (Å²) in [4.78, 5) is 19.6. The summed E-state index contributed by atoms with van der Waals surface area (Å²) >= 11 is 0. The number of pyridine rings is 1. The quantitative estimate of drug-likeness (QED) is 0.666. The van der Waals surface area contributed by atoms with Gasteiger partial charge in [-0.3, -0.25) is 14.7 Å². The van der Waals surface area contributed by atoms with Crippen molar-refractivity contribution in [2.75, 3.05) is 20.6 Å². The largest absolute Gasteiger partial charge is 0.345 e. The van der Waals surface area contributed by atoms with Crippen LogP contribution in [0.25, 0.3) is 22.2 Å². The zero-order valence-corrected chi connectivity index (χ0v) is 17.7. The highest BCUT2D eigenvalue weighted by Gasteiger charge is 2.18. The lowest BCUT2D eigenvalue weighted by molar-refractivity contribution is 0.380. The van der Waals surface area contributed by atoms with Crippen molar-refractivity contribution >= 4 is 22.5 Å². The smallest absolute Gasteiger partial charge is 0.137 e. The van der Waals surface area contributed by atoms with Crippen LogP contribution in [0.5, 0.6) is 0 Å². The Hall–Kier alpha value is -2.80. The fourth-order valence-corrected chi connectivity index (χ4v) is 3.77. The first kappa shape index (κ1) is 19.5. The molecule has 3 aromatic rings. The van der Waals surface area contributed by atoms with Gasteiger partial charge in [-0.2, -0.15) is 5.10 Å². The molecule has 3 aromatic heterocycles. The molecule has 0 aliphatic carbocycles. The van der Waals surface area contributed by atoms with Crippen LogP contribution in [0.15, 0.2) is 40.8 Å². The van der Waals surface area contributed by atoms with E-state index in [9.17, 15) is 0 Å². The second-order valence-electron chi connectivity index (χ2n) is 7.90. The van der Waals surface area contributed by atoms with Gasteiger partial charge in [-0.25, -0.2) is 4.98 Å². The van der Waals surface area contributed by atoms with E-state index in [1.807, 2.05) is 30.2 Å². The second-order valence-corrected chi connectivity index (χ2v) is 7.90. The molecule has 0 spiro atoms. The number of nitrogens with one attached hydrogen (secondary N) is 1. The van der Waals surface area contributed by atoms with E-state index in [-0.39, 0.29) is 6.17 Å². The number of aromatic amines is 1. The first-order valence-electron chi connectivity index (χ1n) is 10.3. The Labute approximate surface area is 171 Å². The molecular weight excluding hydrogens is 362 g/mol. The van der Waals surface area contributed by atoms with Crippen LogP contribution in [0.2, 0.25) is 0 Å². The summed E-state index contributed by atoms with van der Waals surface area (Å²) in [6.07, 6.45) is 10.8. The number of H-pyrrole nitrogens is 1. The number of nitrogens with zero attached hydrogens (tertiary/aromatic N) is 6. The summed E-state index contributed by atoms with van der Waals surface area (Å²) in [6.45, 7) is 6.16. The number of hydrogen-bond acceptors (Lipinski definition) is 5. The minimum absolute atomic E-state index is 0.0183.